The highest BCUT2D eigenvalue weighted by molar-refractivity contribution is 7.94. The van der Waals surface area contributed by atoms with Gasteiger partial charge in [0.2, 0.25) is 0 Å². The number of thiazole rings is 1. The highest BCUT2D eigenvalue weighted by atomic mass is 32.2. The molecular formula is C11H11FN2O3S2. The van der Waals surface area contributed by atoms with Crippen molar-refractivity contribution in [3.8, 4) is 0 Å². The van der Waals surface area contributed by atoms with Crippen LogP contribution in [-0.4, -0.2) is 13.4 Å². The van der Waals surface area contributed by atoms with Crippen LogP contribution in [0.3, 0.4) is 0 Å². The fraction of sp³-hybridized carbons (Fsp3) is 0.182. The van der Waals surface area contributed by atoms with Crippen LogP contribution in [0, 0.1) is 19.7 Å². The third-order valence-corrected chi connectivity index (χ3v) is 5.44. The van der Waals surface area contributed by atoms with E-state index >= 15 is 0 Å². The van der Waals surface area contributed by atoms with E-state index in [1.165, 1.54) is 13.0 Å². The number of benzene rings is 1. The Morgan fingerprint density at radius 1 is 1.32 bits per heavy atom. The minimum atomic E-state index is -3.97. The zero-order chi connectivity index (χ0) is 14.2. The maximum Gasteiger partial charge on any atom is 0.306 e. The molecule has 0 amide bonds. The number of aryl methyl sites for hydroxylation is 2. The lowest BCUT2D eigenvalue weighted by Gasteiger charge is -2.10. The molecule has 8 heteroatoms. The zero-order valence-electron chi connectivity index (χ0n) is 10.2. The molecule has 1 aromatic heterocycles. The average molecular weight is 302 g/mol. The monoisotopic (exact) mass is 302 g/mol. The van der Waals surface area contributed by atoms with Gasteiger partial charge in [0.25, 0.3) is 10.0 Å². The zero-order valence-corrected chi connectivity index (χ0v) is 11.8. The molecule has 0 atom stereocenters. The average Bonchev–Trinajstić information content (AvgIpc) is 2.64. The van der Waals surface area contributed by atoms with E-state index in [-0.39, 0.29) is 15.6 Å². The number of aromatic amines is 1. The van der Waals surface area contributed by atoms with Crippen molar-refractivity contribution in [3.63, 3.8) is 0 Å². The third kappa shape index (κ3) is 2.69. The largest absolute Gasteiger partial charge is 0.315 e. The number of para-hydroxylation sites is 1. The lowest BCUT2D eigenvalue weighted by molar-refractivity contribution is 0.599. The molecule has 0 radical (unpaired) electrons. The van der Waals surface area contributed by atoms with Crippen LogP contribution >= 0.6 is 11.3 Å². The molecule has 2 rings (SSSR count). The normalized spacial score (nSPS) is 11.5. The van der Waals surface area contributed by atoms with Crippen molar-refractivity contribution >= 4 is 27.0 Å². The molecule has 0 aliphatic heterocycles. The van der Waals surface area contributed by atoms with Gasteiger partial charge in [-0.3, -0.25) is 9.52 Å². The van der Waals surface area contributed by atoms with Gasteiger partial charge in [-0.2, -0.15) is 0 Å². The van der Waals surface area contributed by atoms with Crippen LogP contribution in [0.5, 0.6) is 0 Å². The summed E-state index contributed by atoms with van der Waals surface area (Å²) in [5, 5.41) is 0. The number of nitrogens with one attached hydrogen (secondary N) is 2. The summed E-state index contributed by atoms with van der Waals surface area (Å²) in [7, 11) is -3.97. The molecule has 0 saturated carbocycles. The van der Waals surface area contributed by atoms with Gasteiger partial charge in [0.1, 0.15) is 5.82 Å². The summed E-state index contributed by atoms with van der Waals surface area (Å²) in [4.78, 5) is 13.1. The Bertz CT molecular complexity index is 757. The van der Waals surface area contributed by atoms with E-state index in [9.17, 15) is 17.6 Å². The van der Waals surface area contributed by atoms with E-state index in [4.69, 9.17) is 0 Å². The molecule has 102 valence electrons. The van der Waals surface area contributed by atoms with Crippen LogP contribution in [0.4, 0.5) is 10.1 Å². The summed E-state index contributed by atoms with van der Waals surface area (Å²) in [6.07, 6.45) is 0. The summed E-state index contributed by atoms with van der Waals surface area (Å²) in [5.41, 5.74) is 0.586. The molecule has 0 fully saturated rings. The summed E-state index contributed by atoms with van der Waals surface area (Å²) in [6, 6.07) is 4.24. The molecule has 1 heterocycles. The van der Waals surface area contributed by atoms with E-state index in [1.807, 2.05) is 0 Å². The van der Waals surface area contributed by atoms with Gasteiger partial charge in [0, 0.05) is 5.69 Å². The Hall–Kier alpha value is -1.67. The number of rotatable bonds is 3. The molecule has 0 saturated heterocycles. The predicted octanol–water partition coefficient (Wildman–Crippen LogP) is 1.99. The molecule has 0 bridgehead atoms. The van der Waals surface area contributed by atoms with Gasteiger partial charge in [0.05, 0.1) is 5.69 Å². The summed E-state index contributed by atoms with van der Waals surface area (Å²) in [6.45, 7) is 3.06. The van der Waals surface area contributed by atoms with Crippen LogP contribution in [0.15, 0.2) is 27.2 Å². The fourth-order valence-electron chi connectivity index (χ4n) is 1.59. The van der Waals surface area contributed by atoms with E-state index in [2.05, 4.69) is 9.71 Å². The minimum Gasteiger partial charge on any atom is -0.315 e. The van der Waals surface area contributed by atoms with Crippen molar-refractivity contribution in [3.05, 3.63) is 44.9 Å². The lowest BCUT2D eigenvalue weighted by atomic mass is 10.2. The molecular weight excluding hydrogens is 291 g/mol. The van der Waals surface area contributed by atoms with Crippen LogP contribution < -0.4 is 9.60 Å². The molecule has 5 nitrogen and oxygen atoms in total. The third-order valence-electron chi connectivity index (χ3n) is 2.48. The molecule has 2 aromatic rings. The van der Waals surface area contributed by atoms with E-state index < -0.39 is 20.7 Å². The minimum absolute atomic E-state index is 0.109. The second-order valence-corrected chi connectivity index (χ2v) is 6.83. The van der Waals surface area contributed by atoms with Crippen molar-refractivity contribution in [2.75, 3.05) is 4.72 Å². The van der Waals surface area contributed by atoms with Crippen LogP contribution in [-0.2, 0) is 10.0 Å². The van der Waals surface area contributed by atoms with Crippen molar-refractivity contribution in [1.29, 1.82) is 0 Å². The Morgan fingerprint density at radius 3 is 2.53 bits per heavy atom. The van der Waals surface area contributed by atoms with Gasteiger partial charge in [-0.05, 0) is 25.5 Å². The van der Waals surface area contributed by atoms with E-state index in [0.29, 0.717) is 16.9 Å². The van der Waals surface area contributed by atoms with Gasteiger partial charge in [0.15, 0.2) is 4.21 Å². The number of hydrogen-bond acceptors (Lipinski definition) is 4. The number of sulfonamides is 1. The maximum atomic E-state index is 13.6. The predicted molar refractivity (Wildman–Crippen MR) is 71.6 cm³/mol. The summed E-state index contributed by atoms with van der Waals surface area (Å²) >= 11 is 0.568. The SMILES string of the molecule is Cc1cccc(F)c1NS(=O)(=O)c1sc(=O)[nH]c1C. The Morgan fingerprint density at radius 2 is 2.00 bits per heavy atom. The maximum absolute atomic E-state index is 13.6. The summed E-state index contributed by atoms with van der Waals surface area (Å²) < 4.78 is 39.9. The molecule has 0 unspecified atom stereocenters. The van der Waals surface area contributed by atoms with Gasteiger partial charge in [-0.25, -0.2) is 12.8 Å². The highest BCUT2D eigenvalue weighted by Crippen LogP contribution is 2.24. The standard InChI is InChI=1S/C11H11FN2O3S2/c1-6-4-3-5-8(12)9(6)14-19(16,17)10-7(2)13-11(15)18-10/h3-5,14H,1-2H3,(H,13,15). The second-order valence-electron chi connectivity index (χ2n) is 3.96. The van der Waals surface area contributed by atoms with Gasteiger partial charge < -0.3 is 4.98 Å². The number of anilines is 1. The van der Waals surface area contributed by atoms with Crippen LogP contribution in [0.1, 0.15) is 11.3 Å². The molecule has 19 heavy (non-hydrogen) atoms. The Labute approximate surface area is 113 Å². The first-order valence-electron chi connectivity index (χ1n) is 5.29. The molecule has 0 spiro atoms. The van der Waals surface area contributed by atoms with Gasteiger partial charge >= 0.3 is 4.87 Å². The lowest BCUT2D eigenvalue weighted by Crippen LogP contribution is -2.14. The van der Waals surface area contributed by atoms with Crippen molar-refractivity contribution in [2.24, 2.45) is 0 Å². The molecule has 1 aromatic carbocycles. The van der Waals surface area contributed by atoms with Gasteiger partial charge in [-0.15, -0.1) is 0 Å². The van der Waals surface area contributed by atoms with Crippen molar-refractivity contribution in [1.82, 2.24) is 4.98 Å². The first kappa shape index (κ1) is 13.8. The molecule has 0 aliphatic carbocycles. The van der Waals surface area contributed by atoms with Crippen molar-refractivity contribution in [2.45, 2.75) is 18.1 Å². The number of halogens is 1. The smallest absolute Gasteiger partial charge is 0.306 e. The second kappa shape index (κ2) is 4.78. The molecule has 2 N–H and O–H groups in total. The number of aromatic nitrogens is 1. The Balaban J connectivity index is 2.48. The fourth-order valence-corrected chi connectivity index (χ4v) is 4.03. The number of H-pyrrole nitrogens is 1. The van der Waals surface area contributed by atoms with Crippen LogP contribution in [0.25, 0.3) is 0 Å². The first-order chi connectivity index (χ1) is 8.81. The van der Waals surface area contributed by atoms with E-state index in [1.54, 1.807) is 13.0 Å². The summed E-state index contributed by atoms with van der Waals surface area (Å²) in [5.74, 6) is -0.663. The van der Waals surface area contributed by atoms with Crippen molar-refractivity contribution < 1.29 is 12.8 Å². The quantitative estimate of drug-likeness (QED) is 0.910. The first-order valence-corrected chi connectivity index (χ1v) is 7.59. The topological polar surface area (TPSA) is 79.0 Å². The number of hydrogen-bond donors (Lipinski definition) is 2. The van der Waals surface area contributed by atoms with E-state index in [0.717, 1.165) is 6.07 Å². The van der Waals surface area contributed by atoms with Crippen LogP contribution in [0.2, 0.25) is 0 Å². The molecule has 0 aliphatic rings. The highest BCUT2D eigenvalue weighted by Gasteiger charge is 2.22. The van der Waals surface area contributed by atoms with Gasteiger partial charge in [-0.1, -0.05) is 23.5 Å². The Kier molecular flexibility index (Phi) is 3.46.